The lowest BCUT2D eigenvalue weighted by Crippen LogP contribution is -2.50. The average Bonchev–Trinajstić information content (AvgIpc) is 3.53. The van der Waals surface area contributed by atoms with E-state index in [2.05, 4.69) is 23.0 Å². The molecule has 0 N–H and O–H groups in total. The highest BCUT2D eigenvalue weighted by molar-refractivity contribution is 5.99. The van der Waals surface area contributed by atoms with Crippen LogP contribution in [0.25, 0.3) is 16.6 Å². The number of hydrogen-bond acceptors (Lipinski definition) is 5. The Morgan fingerprint density at radius 1 is 1.15 bits per heavy atom. The number of ether oxygens (including phenoxy) is 2. The number of amides is 1. The molecule has 0 atom stereocenters. The second kappa shape index (κ2) is 10.9. The van der Waals surface area contributed by atoms with Gasteiger partial charge in [0, 0.05) is 63.3 Å². The summed E-state index contributed by atoms with van der Waals surface area (Å²) >= 11 is 0. The topological polar surface area (TPSA) is 59.8 Å². The van der Waals surface area contributed by atoms with E-state index in [0.29, 0.717) is 23.1 Å². The number of halogens is 1. The summed E-state index contributed by atoms with van der Waals surface area (Å²) in [6.45, 7) is 10.8. The minimum absolute atomic E-state index is 0.00478. The summed E-state index contributed by atoms with van der Waals surface area (Å²) in [4.78, 5) is 22.1. The summed E-state index contributed by atoms with van der Waals surface area (Å²) < 4.78 is 28.2. The van der Waals surface area contributed by atoms with Crippen molar-refractivity contribution in [3.8, 4) is 5.69 Å². The number of fused-ring (bicyclic) bond motifs is 1. The molecule has 1 spiro atoms. The lowest BCUT2D eigenvalue weighted by Gasteiger charge is -2.43. The van der Waals surface area contributed by atoms with Crippen LogP contribution in [0.2, 0.25) is 0 Å². The van der Waals surface area contributed by atoms with E-state index in [1.165, 1.54) is 35.9 Å². The summed E-state index contributed by atoms with van der Waals surface area (Å²) in [7, 11) is 1.76. The van der Waals surface area contributed by atoms with E-state index in [4.69, 9.17) is 9.47 Å². The number of hydrogen-bond donors (Lipinski definition) is 0. The molecule has 2 saturated heterocycles. The van der Waals surface area contributed by atoms with Crippen LogP contribution in [0, 0.1) is 24.6 Å². The lowest BCUT2D eigenvalue weighted by atomic mass is 9.83. The molecule has 0 unspecified atom stereocenters. The van der Waals surface area contributed by atoms with Crippen LogP contribution in [0.4, 0.5) is 4.39 Å². The molecule has 1 aromatic carbocycles. The Kier molecular flexibility index (Phi) is 7.44. The monoisotopic (exact) mass is 548 g/mol. The number of rotatable bonds is 7. The van der Waals surface area contributed by atoms with Gasteiger partial charge < -0.3 is 23.8 Å². The summed E-state index contributed by atoms with van der Waals surface area (Å²) in [5.74, 6) is 0.412. The normalized spacial score (nSPS) is 20.1. The number of carbonyl (C=O) groups is 1. The van der Waals surface area contributed by atoms with Crippen molar-refractivity contribution in [3.05, 3.63) is 59.3 Å². The van der Waals surface area contributed by atoms with E-state index < -0.39 is 5.82 Å². The fourth-order valence-electron chi connectivity index (χ4n) is 6.83. The highest BCUT2D eigenvalue weighted by Gasteiger charge is 2.41. The van der Waals surface area contributed by atoms with Crippen molar-refractivity contribution in [2.24, 2.45) is 11.8 Å². The Morgan fingerprint density at radius 2 is 1.88 bits per heavy atom. The molecule has 2 aromatic heterocycles. The van der Waals surface area contributed by atoms with Crippen LogP contribution in [-0.2, 0) is 15.9 Å². The van der Waals surface area contributed by atoms with Crippen molar-refractivity contribution in [2.75, 3.05) is 39.9 Å². The van der Waals surface area contributed by atoms with Gasteiger partial charge in [-0.05, 0) is 81.2 Å². The number of nitrogens with zero attached hydrogens (tertiary/aromatic N) is 4. The molecular weight excluding hydrogens is 507 g/mol. The minimum Gasteiger partial charge on any atom is -0.348 e. The van der Waals surface area contributed by atoms with Gasteiger partial charge in [0.05, 0.1) is 36.2 Å². The first kappa shape index (κ1) is 27.4. The smallest absolute Gasteiger partial charge is 0.256 e. The average molecular weight is 549 g/mol. The molecule has 1 aliphatic carbocycles. The third-order valence-corrected chi connectivity index (χ3v) is 9.26. The summed E-state index contributed by atoms with van der Waals surface area (Å²) in [6, 6.07) is 4.50. The summed E-state index contributed by atoms with van der Waals surface area (Å²) in [6.07, 6.45) is 11.2. The quantitative estimate of drug-likeness (QED) is 0.398. The summed E-state index contributed by atoms with van der Waals surface area (Å²) in [5.41, 5.74) is 4.37. The maximum Gasteiger partial charge on any atom is 0.256 e. The molecule has 3 aliphatic rings. The van der Waals surface area contributed by atoms with Gasteiger partial charge >= 0.3 is 0 Å². The molecule has 214 valence electrons. The van der Waals surface area contributed by atoms with Gasteiger partial charge in [-0.3, -0.25) is 9.78 Å². The van der Waals surface area contributed by atoms with Crippen LogP contribution in [0.15, 0.2) is 36.8 Å². The summed E-state index contributed by atoms with van der Waals surface area (Å²) in [5, 5.41) is 1.18. The van der Waals surface area contributed by atoms with Crippen LogP contribution < -0.4 is 0 Å². The van der Waals surface area contributed by atoms with Crippen molar-refractivity contribution >= 4 is 16.8 Å². The molecule has 40 heavy (non-hydrogen) atoms. The highest BCUT2D eigenvalue weighted by Crippen LogP contribution is 2.39. The van der Waals surface area contributed by atoms with Gasteiger partial charge in [-0.25, -0.2) is 4.39 Å². The molecule has 4 heterocycles. The van der Waals surface area contributed by atoms with Crippen LogP contribution in [0.5, 0.6) is 0 Å². The van der Waals surface area contributed by atoms with Crippen molar-refractivity contribution in [2.45, 2.75) is 64.7 Å². The second-order valence-electron chi connectivity index (χ2n) is 12.4. The van der Waals surface area contributed by atoms with Gasteiger partial charge in [-0.15, -0.1) is 0 Å². The zero-order valence-electron chi connectivity index (χ0n) is 24.2. The second-order valence-corrected chi connectivity index (χ2v) is 12.4. The van der Waals surface area contributed by atoms with Gasteiger partial charge in [0.1, 0.15) is 5.82 Å². The first-order valence-electron chi connectivity index (χ1n) is 14.7. The molecule has 3 aromatic rings. The van der Waals surface area contributed by atoms with Crippen LogP contribution in [0.1, 0.15) is 61.0 Å². The number of likely N-dealkylation sites (tertiary alicyclic amines) is 1. The number of aromatic nitrogens is 2. The Balaban J connectivity index is 1.19. The van der Waals surface area contributed by atoms with Crippen molar-refractivity contribution in [1.82, 2.24) is 19.4 Å². The third kappa shape index (κ3) is 5.17. The Hall–Kier alpha value is -2.81. The lowest BCUT2D eigenvalue weighted by molar-refractivity contribution is -0.183. The molecule has 3 fully saturated rings. The maximum atomic E-state index is 14.4. The van der Waals surface area contributed by atoms with E-state index in [-0.39, 0.29) is 17.7 Å². The van der Waals surface area contributed by atoms with Crippen molar-refractivity contribution in [3.63, 3.8) is 0 Å². The van der Waals surface area contributed by atoms with Gasteiger partial charge in [-0.2, -0.15) is 0 Å². The SMILES string of the molecule is Cc1cncc2c1c(CC1CN(CC3CCC4(CC3)OCCO4)C1)cn2-c1ccc(F)cc1C(=O)N(C)C(C)C. The van der Waals surface area contributed by atoms with Gasteiger partial charge in [0.25, 0.3) is 5.91 Å². The molecule has 2 aliphatic heterocycles. The molecule has 1 amide bonds. The first-order valence-corrected chi connectivity index (χ1v) is 14.7. The number of aryl methyl sites for hydroxylation is 1. The van der Waals surface area contributed by atoms with Gasteiger partial charge in [-0.1, -0.05) is 0 Å². The molecular formula is C32H41FN4O3. The third-order valence-electron chi connectivity index (χ3n) is 9.26. The van der Waals surface area contributed by atoms with Gasteiger partial charge in [0.2, 0.25) is 0 Å². The van der Waals surface area contributed by atoms with Crippen LogP contribution in [0.3, 0.4) is 0 Å². The van der Waals surface area contributed by atoms with Crippen molar-refractivity contribution in [1.29, 1.82) is 0 Å². The maximum absolute atomic E-state index is 14.4. The van der Waals surface area contributed by atoms with E-state index in [1.54, 1.807) is 18.0 Å². The predicted molar refractivity (Wildman–Crippen MR) is 153 cm³/mol. The molecule has 0 radical (unpaired) electrons. The molecule has 1 saturated carbocycles. The highest BCUT2D eigenvalue weighted by atomic mass is 19.1. The fourth-order valence-corrected chi connectivity index (χ4v) is 6.83. The standard InChI is InChI=1S/C32H41FN4O3/c1-21(2)35(4)31(38)27-14-26(33)5-6-28(27)37-20-25(30-22(3)15-34-16-29(30)37)13-24-18-36(19-24)17-23-7-9-32(10-8-23)39-11-12-40-32/h5-6,14-16,20-21,23-24H,7-13,17-19H2,1-4H3. The minimum atomic E-state index is -0.416. The Bertz CT molecular complexity index is 1380. The van der Waals surface area contributed by atoms with Crippen LogP contribution >= 0.6 is 0 Å². The fraction of sp³-hybridized carbons (Fsp3) is 0.562. The van der Waals surface area contributed by atoms with E-state index in [1.807, 2.05) is 30.8 Å². The molecule has 8 heteroatoms. The zero-order chi connectivity index (χ0) is 28.0. The number of carbonyl (C=O) groups excluding carboxylic acids is 1. The molecule has 7 nitrogen and oxygen atoms in total. The Morgan fingerprint density at radius 3 is 2.58 bits per heavy atom. The number of benzene rings is 1. The number of pyridine rings is 1. The van der Waals surface area contributed by atoms with Crippen LogP contribution in [-0.4, -0.2) is 77.0 Å². The first-order chi connectivity index (χ1) is 19.2. The predicted octanol–water partition coefficient (Wildman–Crippen LogP) is 5.36. The molecule has 0 bridgehead atoms. The van der Waals surface area contributed by atoms with Crippen molar-refractivity contribution < 1.29 is 18.7 Å². The van der Waals surface area contributed by atoms with Gasteiger partial charge in [0.15, 0.2) is 5.79 Å². The van der Waals surface area contributed by atoms with E-state index >= 15 is 0 Å². The Labute approximate surface area is 236 Å². The van der Waals surface area contributed by atoms with E-state index in [0.717, 1.165) is 63.2 Å². The largest absolute Gasteiger partial charge is 0.348 e. The van der Waals surface area contributed by atoms with E-state index in [9.17, 15) is 9.18 Å². The molecule has 6 rings (SSSR count). The zero-order valence-corrected chi connectivity index (χ0v) is 24.2.